The maximum absolute atomic E-state index is 12.1. The van der Waals surface area contributed by atoms with Crippen molar-refractivity contribution in [2.45, 2.75) is 58.5 Å². The molecule has 1 fully saturated rings. The Kier molecular flexibility index (Phi) is 11.1. The molecule has 7 heteroatoms. The van der Waals surface area contributed by atoms with Crippen molar-refractivity contribution < 1.29 is 19.4 Å². The largest absolute Gasteiger partial charge is 0.392 e. The summed E-state index contributed by atoms with van der Waals surface area (Å²) in [6, 6.07) is 39.7. The number of aliphatic hydroxyl groups is 1. The predicted octanol–water partition coefficient (Wildman–Crippen LogP) is 8.30. The second-order valence-corrected chi connectivity index (χ2v) is 13.0. The second-order valence-electron chi connectivity index (χ2n) is 13.0. The van der Waals surface area contributed by atoms with Crippen LogP contribution in [0.25, 0.3) is 21.9 Å². The number of benzene rings is 5. The van der Waals surface area contributed by atoms with Crippen molar-refractivity contribution in [3.63, 3.8) is 0 Å². The van der Waals surface area contributed by atoms with Crippen LogP contribution in [-0.4, -0.2) is 42.3 Å². The van der Waals surface area contributed by atoms with Crippen LogP contribution in [0, 0.1) is 5.92 Å². The summed E-state index contributed by atoms with van der Waals surface area (Å²) in [5.74, 6) is 0.0750. The molecule has 5 atom stereocenters. The molecule has 1 aliphatic rings. The fraction of sp³-hybridized carbons (Fsp3) is 0.310. The number of nitrogens with one attached hydrogen (secondary N) is 2. The van der Waals surface area contributed by atoms with Crippen molar-refractivity contribution in [3.8, 4) is 11.1 Å². The van der Waals surface area contributed by atoms with Crippen LogP contribution in [0.15, 0.2) is 115 Å². The molecular formula is C42H47N3O4. The Hall–Kier alpha value is -4.53. The van der Waals surface area contributed by atoms with Gasteiger partial charge in [0.25, 0.3) is 0 Å². The van der Waals surface area contributed by atoms with Crippen LogP contribution in [0.2, 0.25) is 0 Å². The lowest BCUT2D eigenvalue weighted by molar-refractivity contribution is -0.276. The van der Waals surface area contributed by atoms with E-state index in [4.69, 9.17) is 9.47 Å². The van der Waals surface area contributed by atoms with Crippen LogP contribution < -0.4 is 10.6 Å². The zero-order chi connectivity index (χ0) is 34.3. The zero-order valence-corrected chi connectivity index (χ0v) is 28.8. The van der Waals surface area contributed by atoms with Crippen LogP contribution in [0.4, 0.5) is 4.79 Å². The van der Waals surface area contributed by atoms with E-state index in [1.807, 2.05) is 37.3 Å². The van der Waals surface area contributed by atoms with E-state index in [0.29, 0.717) is 13.1 Å². The Bertz CT molecular complexity index is 1840. The molecular weight excluding hydrogens is 610 g/mol. The van der Waals surface area contributed by atoms with Gasteiger partial charge in [-0.15, -0.1) is 0 Å². The van der Waals surface area contributed by atoms with Crippen molar-refractivity contribution in [3.05, 3.63) is 143 Å². The van der Waals surface area contributed by atoms with Crippen molar-refractivity contribution in [2.75, 3.05) is 20.1 Å². The Labute approximate surface area is 289 Å². The summed E-state index contributed by atoms with van der Waals surface area (Å²) in [6.45, 7) is 8.09. The van der Waals surface area contributed by atoms with Gasteiger partial charge in [-0.3, -0.25) is 4.90 Å². The molecule has 2 amide bonds. The Balaban J connectivity index is 1.24. The van der Waals surface area contributed by atoms with Gasteiger partial charge >= 0.3 is 6.03 Å². The molecule has 0 aliphatic carbocycles. The number of hydrogen-bond acceptors (Lipinski definition) is 5. The van der Waals surface area contributed by atoms with Crippen LogP contribution >= 0.6 is 0 Å². The number of nitrogens with zero attached hydrogens (tertiary/aromatic N) is 1. The van der Waals surface area contributed by atoms with E-state index in [1.165, 1.54) is 16.3 Å². The van der Waals surface area contributed by atoms with Crippen molar-refractivity contribution in [2.24, 2.45) is 5.92 Å². The predicted molar refractivity (Wildman–Crippen MR) is 196 cm³/mol. The minimum atomic E-state index is -0.559. The standard InChI is InChI=1S/C42H47N3O4/c1-5-43-42(47)44-25-37-12-8-9-13-38(37)32-19-21-34(22-20-32)41-48-39(28(2)40(49-41)33-16-14-30(27-46)15-17-33)26-45(4)29(3)35-23-18-31-10-6-7-11-36(31)24-35/h6-24,28-29,39-41,46H,5,25-27H2,1-4H3,(H2,43,44,47)/t28-,29-,39+,40+,41+/m1/s1. The third-order valence-electron chi connectivity index (χ3n) is 9.80. The van der Waals surface area contributed by atoms with E-state index >= 15 is 0 Å². The quantitative estimate of drug-likeness (QED) is 0.133. The van der Waals surface area contributed by atoms with E-state index in [2.05, 4.69) is 121 Å². The summed E-state index contributed by atoms with van der Waals surface area (Å²) >= 11 is 0. The summed E-state index contributed by atoms with van der Waals surface area (Å²) in [4.78, 5) is 14.4. The van der Waals surface area contributed by atoms with Crippen molar-refractivity contribution in [1.29, 1.82) is 0 Å². The molecule has 0 unspecified atom stereocenters. The minimum absolute atomic E-state index is 0.00461. The summed E-state index contributed by atoms with van der Waals surface area (Å²) < 4.78 is 13.6. The highest BCUT2D eigenvalue weighted by molar-refractivity contribution is 5.83. The molecule has 1 saturated heterocycles. The fourth-order valence-corrected chi connectivity index (χ4v) is 6.67. The number of amides is 2. The van der Waals surface area contributed by atoms with E-state index < -0.39 is 6.29 Å². The Morgan fingerprint density at radius 2 is 1.53 bits per heavy atom. The third-order valence-corrected chi connectivity index (χ3v) is 9.80. The number of carbonyl (C=O) groups excluding carboxylic acids is 1. The summed E-state index contributed by atoms with van der Waals surface area (Å²) in [7, 11) is 2.17. The van der Waals surface area contributed by atoms with Crippen LogP contribution in [0.1, 0.15) is 67.0 Å². The molecule has 254 valence electrons. The number of rotatable bonds is 11. The molecule has 1 heterocycles. The summed E-state index contributed by atoms with van der Waals surface area (Å²) in [5.41, 5.74) is 7.31. The van der Waals surface area contributed by atoms with Gasteiger partial charge in [0.05, 0.1) is 18.8 Å². The average Bonchev–Trinajstić information content (AvgIpc) is 3.14. The summed E-state index contributed by atoms with van der Waals surface area (Å²) in [6.07, 6.45) is -0.853. The average molecular weight is 658 g/mol. The first-order valence-corrected chi connectivity index (χ1v) is 17.2. The lowest BCUT2D eigenvalue weighted by Gasteiger charge is -2.43. The normalized spacial score (nSPS) is 19.9. The molecule has 7 nitrogen and oxygen atoms in total. The minimum Gasteiger partial charge on any atom is -0.392 e. The van der Waals surface area contributed by atoms with E-state index in [1.54, 1.807) is 0 Å². The Morgan fingerprint density at radius 1 is 0.837 bits per heavy atom. The molecule has 1 aliphatic heterocycles. The number of hydrogen-bond donors (Lipinski definition) is 3. The highest BCUT2D eigenvalue weighted by atomic mass is 16.7. The zero-order valence-electron chi connectivity index (χ0n) is 28.8. The van der Waals surface area contributed by atoms with Gasteiger partial charge in [0.2, 0.25) is 0 Å². The molecule has 0 radical (unpaired) electrons. The van der Waals surface area contributed by atoms with Gasteiger partial charge in [0.1, 0.15) is 0 Å². The Morgan fingerprint density at radius 3 is 2.27 bits per heavy atom. The van der Waals surface area contributed by atoms with Gasteiger partial charge in [-0.2, -0.15) is 0 Å². The van der Waals surface area contributed by atoms with E-state index in [0.717, 1.165) is 39.9 Å². The van der Waals surface area contributed by atoms with E-state index in [-0.39, 0.29) is 36.8 Å². The van der Waals surface area contributed by atoms with Gasteiger partial charge < -0.3 is 25.2 Å². The first kappa shape index (κ1) is 34.3. The van der Waals surface area contributed by atoms with Crippen LogP contribution in [0.3, 0.4) is 0 Å². The smallest absolute Gasteiger partial charge is 0.315 e. The number of ether oxygens (including phenoxy) is 2. The highest BCUT2D eigenvalue weighted by Gasteiger charge is 2.39. The number of carbonyl (C=O) groups is 1. The summed E-state index contributed by atoms with van der Waals surface area (Å²) in [5, 5.41) is 17.9. The second kappa shape index (κ2) is 15.8. The SMILES string of the molecule is CCNC(=O)NCc1ccccc1-c1ccc([C@H]2O[C@@H](CN(C)[C@H](C)c3ccc4ccccc4c3)[C@@H](C)[C@@H](c3ccc(CO)cc3)O2)cc1. The lowest BCUT2D eigenvalue weighted by Crippen LogP contribution is -2.44. The van der Waals surface area contributed by atoms with E-state index in [9.17, 15) is 9.90 Å². The maximum atomic E-state index is 12.1. The lowest BCUT2D eigenvalue weighted by atomic mass is 9.89. The molecule has 0 spiro atoms. The van der Waals surface area contributed by atoms with Gasteiger partial charge in [0.15, 0.2) is 6.29 Å². The van der Waals surface area contributed by atoms with Crippen LogP contribution in [0.5, 0.6) is 0 Å². The van der Waals surface area contributed by atoms with Gasteiger partial charge in [0, 0.05) is 37.2 Å². The molecule has 6 rings (SSSR count). The maximum Gasteiger partial charge on any atom is 0.315 e. The van der Waals surface area contributed by atoms with Crippen LogP contribution in [-0.2, 0) is 22.6 Å². The fourth-order valence-electron chi connectivity index (χ4n) is 6.67. The monoisotopic (exact) mass is 657 g/mol. The number of aliphatic hydroxyl groups excluding tert-OH is 1. The van der Waals surface area contributed by atoms with Gasteiger partial charge in [-0.25, -0.2) is 4.79 Å². The number of fused-ring (bicyclic) bond motifs is 1. The third kappa shape index (κ3) is 8.03. The molecule has 0 saturated carbocycles. The highest BCUT2D eigenvalue weighted by Crippen LogP contribution is 2.42. The first-order chi connectivity index (χ1) is 23.8. The van der Waals surface area contributed by atoms with Gasteiger partial charge in [-0.05, 0) is 71.1 Å². The van der Waals surface area contributed by atoms with Crippen molar-refractivity contribution in [1.82, 2.24) is 15.5 Å². The number of likely N-dealkylation sites (N-methyl/N-ethyl adjacent to an activating group) is 1. The molecule has 0 aromatic heterocycles. The molecule has 49 heavy (non-hydrogen) atoms. The molecule has 3 N–H and O–H groups in total. The molecule has 5 aromatic rings. The topological polar surface area (TPSA) is 83.1 Å². The first-order valence-electron chi connectivity index (χ1n) is 17.2. The number of urea groups is 1. The van der Waals surface area contributed by atoms with Gasteiger partial charge in [-0.1, -0.05) is 116 Å². The van der Waals surface area contributed by atoms with Crippen molar-refractivity contribution >= 4 is 16.8 Å². The molecule has 5 aromatic carbocycles. The molecule has 0 bridgehead atoms.